The average Bonchev–Trinajstić information content (AvgIpc) is 2.52. The van der Waals surface area contributed by atoms with Crippen LogP contribution in [0.1, 0.15) is 28.9 Å². The van der Waals surface area contributed by atoms with Crippen LogP contribution in [0.3, 0.4) is 0 Å². The molecule has 0 aromatic heterocycles. The summed E-state index contributed by atoms with van der Waals surface area (Å²) >= 11 is 3.20. The Hall–Kier alpha value is -1.73. The van der Waals surface area contributed by atoms with Crippen molar-refractivity contribution >= 4 is 31.7 Å². The molecule has 0 aliphatic heterocycles. The first kappa shape index (κ1) is 18.6. The van der Waals surface area contributed by atoms with Crippen LogP contribution in [0.4, 0.5) is 4.39 Å². The van der Waals surface area contributed by atoms with Crippen molar-refractivity contribution in [2.24, 2.45) is 0 Å². The third-order valence-corrected chi connectivity index (χ3v) is 5.64. The van der Waals surface area contributed by atoms with E-state index in [2.05, 4.69) is 15.9 Å². The van der Waals surface area contributed by atoms with Gasteiger partial charge >= 0.3 is 0 Å². The van der Waals surface area contributed by atoms with Gasteiger partial charge in [0.2, 0.25) is 0 Å². The smallest absolute Gasteiger partial charge is 0.255 e. The normalized spacial score (nSPS) is 12.7. The molecule has 2 aromatic rings. The summed E-state index contributed by atoms with van der Waals surface area (Å²) in [5, 5.41) is 0. The monoisotopic (exact) mass is 413 g/mol. The maximum absolute atomic E-state index is 13.2. The lowest BCUT2D eigenvalue weighted by molar-refractivity contribution is 0.0741. The van der Waals surface area contributed by atoms with E-state index in [0.717, 1.165) is 11.8 Å². The molecule has 0 spiro atoms. The zero-order valence-electron chi connectivity index (χ0n) is 13.5. The number of halogens is 2. The average molecular weight is 414 g/mol. The van der Waals surface area contributed by atoms with Gasteiger partial charge in [0, 0.05) is 17.8 Å². The fourth-order valence-electron chi connectivity index (χ4n) is 2.25. The fraction of sp³-hybridized carbons (Fsp3) is 0.235. The largest absolute Gasteiger partial charge is 0.335 e. The van der Waals surface area contributed by atoms with Crippen LogP contribution in [0.5, 0.6) is 0 Å². The Labute approximate surface area is 149 Å². The van der Waals surface area contributed by atoms with Crippen molar-refractivity contribution in [3.05, 3.63) is 63.9 Å². The Kier molecular flexibility index (Phi) is 5.45. The number of amides is 1. The minimum Gasteiger partial charge on any atom is -0.335 e. The molecule has 24 heavy (non-hydrogen) atoms. The van der Waals surface area contributed by atoms with Crippen molar-refractivity contribution < 1.29 is 17.6 Å². The van der Waals surface area contributed by atoms with Crippen LogP contribution >= 0.6 is 15.9 Å². The zero-order chi connectivity index (χ0) is 18.1. The molecular weight excluding hydrogens is 397 g/mol. The second-order valence-corrected chi connectivity index (χ2v) is 8.43. The number of carbonyl (C=O) groups excluding carboxylic acids is 1. The summed E-state index contributed by atoms with van der Waals surface area (Å²) in [7, 11) is -1.61. The second-order valence-electron chi connectivity index (χ2n) is 5.56. The summed E-state index contributed by atoms with van der Waals surface area (Å²) < 4.78 is 36.6. The maximum atomic E-state index is 13.2. The van der Waals surface area contributed by atoms with Crippen LogP contribution in [0.15, 0.2) is 51.8 Å². The molecule has 2 rings (SSSR count). The topological polar surface area (TPSA) is 54.5 Å². The van der Waals surface area contributed by atoms with Crippen molar-refractivity contribution in [3.63, 3.8) is 0 Å². The summed E-state index contributed by atoms with van der Waals surface area (Å²) in [6.45, 7) is 1.84. The molecule has 0 saturated heterocycles. The first-order valence-corrected chi connectivity index (χ1v) is 9.82. The summed E-state index contributed by atoms with van der Waals surface area (Å²) in [5.74, 6) is -0.688. The number of benzene rings is 2. The lowest BCUT2D eigenvalue weighted by atomic mass is 10.1. The minimum atomic E-state index is -3.26. The molecular formula is C17H17BrFNO3S. The fourth-order valence-corrected chi connectivity index (χ4v) is 3.40. The third-order valence-electron chi connectivity index (χ3n) is 3.85. The van der Waals surface area contributed by atoms with Gasteiger partial charge < -0.3 is 4.90 Å². The first-order valence-electron chi connectivity index (χ1n) is 7.13. The first-order chi connectivity index (χ1) is 11.1. The summed E-state index contributed by atoms with van der Waals surface area (Å²) in [6.07, 6.45) is 1.15. The molecule has 1 atom stereocenters. The van der Waals surface area contributed by atoms with E-state index in [9.17, 15) is 17.6 Å². The Morgan fingerprint density at radius 1 is 1.17 bits per heavy atom. The highest BCUT2D eigenvalue weighted by atomic mass is 79.9. The van der Waals surface area contributed by atoms with E-state index in [-0.39, 0.29) is 16.8 Å². The van der Waals surface area contributed by atoms with Gasteiger partial charge in [-0.05, 0) is 58.7 Å². The molecule has 0 bridgehead atoms. The molecule has 7 heteroatoms. The van der Waals surface area contributed by atoms with Gasteiger partial charge in [0.05, 0.1) is 16.5 Å². The van der Waals surface area contributed by atoms with Gasteiger partial charge in [-0.2, -0.15) is 0 Å². The highest BCUT2D eigenvalue weighted by Crippen LogP contribution is 2.25. The van der Waals surface area contributed by atoms with Crippen LogP contribution in [-0.2, 0) is 9.84 Å². The van der Waals surface area contributed by atoms with E-state index >= 15 is 0 Å². The number of carbonyl (C=O) groups is 1. The molecule has 0 heterocycles. The number of hydrogen-bond acceptors (Lipinski definition) is 3. The van der Waals surface area contributed by atoms with Crippen LogP contribution in [0, 0.1) is 5.82 Å². The molecule has 1 amide bonds. The van der Waals surface area contributed by atoms with E-state index < -0.39 is 15.7 Å². The molecule has 0 unspecified atom stereocenters. The second kappa shape index (κ2) is 7.03. The highest BCUT2D eigenvalue weighted by Gasteiger charge is 2.21. The Balaban J connectivity index is 2.25. The minimum absolute atomic E-state index is 0.230. The SMILES string of the molecule is C[C@H](c1ccc(S(C)(=O)=O)cc1)N(C)C(=O)c1ccc(F)cc1Br. The van der Waals surface area contributed by atoms with Crippen molar-refractivity contribution in [2.45, 2.75) is 17.9 Å². The predicted octanol–water partition coefficient (Wildman–Crippen LogP) is 3.82. The Bertz CT molecular complexity index is 866. The summed E-state index contributed by atoms with van der Waals surface area (Å²) in [5.41, 5.74) is 1.16. The van der Waals surface area contributed by atoms with E-state index in [1.165, 1.54) is 35.2 Å². The van der Waals surface area contributed by atoms with Crippen LogP contribution in [-0.4, -0.2) is 32.5 Å². The van der Waals surface area contributed by atoms with E-state index in [4.69, 9.17) is 0 Å². The van der Waals surface area contributed by atoms with Crippen molar-refractivity contribution in [1.82, 2.24) is 4.90 Å². The van der Waals surface area contributed by atoms with Gasteiger partial charge in [-0.25, -0.2) is 12.8 Å². The van der Waals surface area contributed by atoms with Crippen LogP contribution in [0.2, 0.25) is 0 Å². The van der Waals surface area contributed by atoms with Gasteiger partial charge in [0.25, 0.3) is 5.91 Å². The Morgan fingerprint density at radius 3 is 2.25 bits per heavy atom. The molecule has 0 aliphatic carbocycles. The number of hydrogen-bond donors (Lipinski definition) is 0. The number of rotatable bonds is 4. The van der Waals surface area contributed by atoms with E-state index in [0.29, 0.717) is 10.0 Å². The lowest BCUT2D eigenvalue weighted by Gasteiger charge is -2.26. The predicted molar refractivity (Wildman–Crippen MR) is 94.2 cm³/mol. The molecule has 2 aromatic carbocycles. The molecule has 0 N–H and O–H groups in total. The third kappa shape index (κ3) is 4.02. The van der Waals surface area contributed by atoms with Gasteiger partial charge in [-0.1, -0.05) is 12.1 Å². The molecule has 0 aliphatic rings. The van der Waals surface area contributed by atoms with Crippen LogP contribution < -0.4 is 0 Å². The van der Waals surface area contributed by atoms with Gasteiger partial charge in [-0.3, -0.25) is 4.79 Å². The summed E-state index contributed by atoms with van der Waals surface area (Å²) in [6, 6.07) is 10.0. The van der Waals surface area contributed by atoms with E-state index in [1.807, 2.05) is 6.92 Å². The van der Waals surface area contributed by atoms with Gasteiger partial charge in [0.15, 0.2) is 9.84 Å². The number of sulfone groups is 1. The van der Waals surface area contributed by atoms with Crippen molar-refractivity contribution in [3.8, 4) is 0 Å². The molecule has 0 fully saturated rings. The Morgan fingerprint density at radius 2 is 1.75 bits per heavy atom. The molecule has 0 radical (unpaired) electrons. The molecule has 0 saturated carbocycles. The summed E-state index contributed by atoms with van der Waals surface area (Å²) in [4.78, 5) is 14.3. The van der Waals surface area contributed by atoms with Crippen molar-refractivity contribution in [1.29, 1.82) is 0 Å². The molecule has 128 valence electrons. The van der Waals surface area contributed by atoms with Gasteiger partial charge in [0.1, 0.15) is 5.82 Å². The quantitative estimate of drug-likeness (QED) is 0.765. The zero-order valence-corrected chi connectivity index (χ0v) is 15.9. The maximum Gasteiger partial charge on any atom is 0.255 e. The van der Waals surface area contributed by atoms with Crippen molar-refractivity contribution in [2.75, 3.05) is 13.3 Å². The standard InChI is InChI=1S/C17H17BrFNO3S/c1-11(12-4-7-14(8-5-12)24(3,22)23)20(2)17(21)15-9-6-13(19)10-16(15)18/h4-11H,1-3H3/t11-/m1/s1. The number of nitrogens with zero attached hydrogens (tertiary/aromatic N) is 1. The highest BCUT2D eigenvalue weighted by molar-refractivity contribution is 9.10. The van der Waals surface area contributed by atoms with Gasteiger partial charge in [-0.15, -0.1) is 0 Å². The van der Waals surface area contributed by atoms with E-state index in [1.54, 1.807) is 19.2 Å². The van der Waals surface area contributed by atoms with Crippen LogP contribution in [0.25, 0.3) is 0 Å². The molecule has 4 nitrogen and oxygen atoms in total. The lowest BCUT2D eigenvalue weighted by Crippen LogP contribution is -2.30.